The summed E-state index contributed by atoms with van der Waals surface area (Å²) in [7, 11) is 0. The predicted octanol–water partition coefficient (Wildman–Crippen LogP) is 5.87. The molecule has 2 aromatic carbocycles. The van der Waals surface area contributed by atoms with E-state index in [9.17, 15) is 9.59 Å². The average Bonchev–Trinajstić information content (AvgIpc) is 3.30. The Morgan fingerprint density at radius 2 is 1.68 bits per heavy atom. The number of thiophene rings is 1. The zero-order valence-corrected chi connectivity index (χ0v) is 19.4. The van der Waals surface area contributed by atoms with E-state index in [1.54, 1.807) is 40.5 Å². The number of carbonyl (C=O) groups is 2. The lowest BCUT2D eigenvalue weighted by atomic mass is 10.1. The Balaban J connectivity index is 1.81. The summed E-state index contributed by atoms with van der Waals surface area (Å²) in [5.74, 6) is -0.227. The smallest absolute Gasteiger partial charge is 0.254 e. The standard InChI is InChI=1S/C25H27ClN2O2S/c1-3-19(2)28(25(30)21-11-13-22(26)14-12-21)18-24(29)27(17-23-10-7-15-31-23)16-20-8-5-4-6-9-20/h4-15,19H,3,16-18H2,1-2H3/t19-/m1/s1. The molecule has 0 radical (unpaired) electrons. The van der Waals surface area contributed by atoms with Crippen molar-refractivity contribution in [2.24, 2.45) is 0 Å². The Hall–Kier alpha value is -2.63. The minimum absolute atomic E-state index is 0.0364. The van der Waals surface area contributed by atoms with Crippen LogP contribution in [0.2, 0.25) is 5.02 Å². The van der Waals surface area contributed by atoms with Crippen LogP contribution in [0, 0.1) is 0 Å². The van der Waals surface area contributed by atoms with Gasteiger partial charge >= 0.3 is 0 Å². The first-order valence-electron chi connectivity index (χ1n) is 10.4. The first-order chi connectivity index (χ1) is 15.0. The Morgan fingerprint density at radius 3 is 2.29 bits per heavy atom. The number of halogens is 1. The van der Waals surface area contributed by atoms with Gasteiger partial charge in [-0.25, -0.2) is 0 Å². The van der Waals surface area contributed by atoms with Crippen LogP contribution in [0.1, 0.15) is 41.1 Å². The van der Waals surface area contributed by atoms with Crippen molar-refractivity contribution in [3.63, 3.8) is 0 Å². The van der Waals surface area contributed by atoms with Crippen molar-refractivity contribution in [3.05, 3.63) is 93.1 Å². The molecule has 0 aliphatic rings. The summed E-state index contributed by atoms with van der Waals surface area (Å²) in [6.45, 7) is 5.05. The molecule has 0 N–H and O–H groups in total. The highest BCUT2D eigenvalue weighted by Crippen LogP contribution is 2.18. The summed E-state index contributed by atoms with van der Waals surface area (Å²) in [5.41, 5.74) is 1.59. The summed E-state index contributed by atoms with van der Waals surface area (Å²) in [6.07, 6.45) is 0.760. The lowest BCUT2D eigenvalue weighted by Crippen LogP contribution is -2.46. The zero-order chi connectivity index (χ0) is 22.2. The van der Waals surface area contributed by atoms with Gasteiger partial charge in [-0.15, -0.1) is 11.3 Å². The van der Waals surface area contributed by atoms with Crippen LogP contribution in [0.25, 0.3) is 0 Å². The van der Waals surface area contributed by atoms with Gasteiger partial charge in [-0.3, -0.25) is 9.59 Å². The van der Waals surface area contributed by atoms with E-state index in [2.05, 4.69) is 0 Å². The molecule has 0 aliphatic carbocycles. The molecular weight excluding hydrogens is 428 g/mol. The van der Waals surface area contributed by atoms with Crippen LogP contribution in [-0.2, 0) is 17.9 Å². The fourth-order valence-electron chi connectivity index (χ4n) is 3.28. The number of amides is 2. The number of carbonyl (C=O) groups excluding carboxylic acids is 2. The molecule has 162 valence electrons. The van der Waals surface area contributed by atoms with E-state index in [1.165, 1.54) is 0 Å². The highest BCUT2D eigenvalue weighted by atomic mass is 35.5. The van der Waals surface area contributed by atoms with Gasteiger partial charge < -0.3 is 9.80 Å². The Kier molecular flexibility index (Phi) is 8.27. The molecule has 6 heteroatoms. The predicted molar refractivity (Wildman–Crippen MR) is 127 cm³/mol. The van der Waals surface area contributed by atoms with Crippen LogP contribution in [-0.4, -0.2) is 34.2 Å². The molecule has 0 fully saturated rings. The molecule has 1 heterocycles. The van der Waals surface area contributed by atoms with Gasteiger partial charge in [0, 0.05) is 28.0 Å². The van der Waals surface area contributed by atoms with Crippen molar-refractivity contribution in [1.29, 1.82) is 0 Å². The van der Waals surface area contributed by atoms with Gasteiger partial charge in [0.15, 0.2) is 0 Å². The normalized spacial score (nSPS) is 11.7. The lowest BCUT2D eigenvalue weighted by molar-refractivity contribution is -0.133. The van der Waals surface area contributed by atoms with Crippen LogP contribution in [0.4, 0.5) is 0 Å². The maximum absolute atomic E-state index is 13.4. The third-order valence-corrected chi connectivity index (χ3v) is 6.39. The zero-order valence-electron chi connectivity index (χ0n) is 17.8. The van der Waals surface area contributed by atoms with Gasteiger partial charge in [0.05, 0.1) is 6.54 Å². The van der Waals surface area contributed by atoms with Gasteiger partial charge in [-0.1, -0.05) is 54.9 Å². The van der Waals surface area contributed by atoms with Crippen LogP contribution in [0.5, 0.6) is 0 Å². The molecule has 0 aliphatic heterocycles. The molecule has 0 unspecified atom stereocenters. The highest BCUT2D eigenvalue weighted by Gasteiger charge is 2.26. The number of rotatable bonds is 9. The van der Waals surface area contributed by atoms with Gasteiger partial charge in [0.2, 0.25) is 5.91 Å². The summed E-state index contributed by atoms with van der Waals surface area (Å²) < 4.78 is 0. The van der Waals surface area contributed by atoms with Crippen molar-refractivity contribution >= 4 is 34.8 Å². The molecular formula is C25H27ClN2O2S. The molecule has 4 nitrogen and oxygen atoms in total. The molecule has 3 aromatic rings. The summed E-state index contributed by atoms with van der Waals surface area (Å²) in [5, 5.41) is 2.59. The second-order valence-corrected chi connectivity index (χ2v) is 8.98. The SMILES string of the molecule is CC[C@@H](C)N(CC(=O)N(Cc1ccccc1)Cc1cccs1)C(=O)c1ccc(Cl)cc1. The monoisotopic (exact) mass is 454 g/mol. The van der Waals surface area contributed by atoms with Crippen molar-refractivity contribution < 1.29 is 9.59 Å². The fraction of sp³-hybridized carbons (Fsp3) is 0.280. The molecule has 0 spiro atoms. The lowest BCUT2D eigenvalue weighted by Gasteiger charge is -2.31. The molecule has 31 heavy (non-hydrogen) atoms. The van der Waals surface area contributed by atoms with E-state index in [1.807, 2.05) is 66.6 Å². The minimum Gasteiger partial charge on any atom is -0.332 e. The van der Waals surface area contributed by atoms with E-state index in [0.717, 1.165) is 16.9 Å². The van der Waals surface area contributed by atoms with Crippen molar-refractivity contribution in [1.82, 2.24) is 9.80 Å². The van der Waals surface area contributed by atoms with Crippen LogP contribution >= 0.6 is 22.9 Å². The summed E-state index contributed by atoms with van der Waals surface area (Å²) >= 11 is 7.60. The number of benzene rings is 2. The molecule has 0 saturated heterocycles. The Morgan fingerprint density at radius 1 is 0.968 bits per heavy atom. The Labute approximate surface area is 193 Å². The fourth-order valence-corrected chi connectivity index (χ4v) is 4.12. The first-order valence-corrected chi connectivity index (χ1v) is 11.6. The molecule has 2 amide bonds. The third kappa shape index (κ3) is 6.42. The van der Waals surface area contributed by atoms with Gasteiger partial charge in [0.1, 0.15) is 6.54 Å². The second kappa shape index (κ2) is 11.1. The highest BCUT2D eigenvalue weighted by molar-refractivity contribution is 7.09. The van der Waals surface area contributed by atoms with Crippen LogP contribution < -0.4 is 0 Å². The maximum Gasteiger partial charge on any atom is 0.254 e. The Bertz CT molecular complexity index is 975. The number of hydrogen-bond acceptors (Lipinski definition) is 3. The summed E-state index contributed by atoms with van der Waals surface area (Å²) in [4.78, 5) is 31.2. The van der Waals surface area contributed by atoms with E-state index in [4.69, 9.17) is 11.6 Å². The van der Waals surface area contributed by atoms with E-state index in [-0.39, 0.29) is 24.4 Å². The van der Waals surface area contributed by atoms with Gasteiger partial charge in [-0.05, 0) is 54.6 Å². The van der Waals surface area contributed by atoms with Crippen molar-refractivity contribution in [3.8, 4) is 0 Å². The summed E-state index contributed by atoms with van der Waals surface area (Å²) in [6, 6.07) is 20.7. The second-order valence-electron chi connectivity index (χ2n) is 7.51. The maximum atomic E-state index is 13.4. The first kappa shape index (κ1) is 23.0. The topological polar surface area (TPSA) is 40.6 Å². The van der Waals surface area contributed by atoms with Crippen molar-refractivity contribution in [2.45, 2.75) is 39.4 Å². The number of hydrogen-bond donors (Lipinski definition) is 0. The van der Waals surface area contributed by atoms with Crippen LogP contribution in [0.3, 0.4) is 0 Å². The largest absolute Gasteiger partial charge is 0.332 e. The molecule has 1 aromatic heterocycles. The van der Waals surface area contributed by atoms with Crippen molar-refractivity contribution in [2.75, 3.05) is 6.54 Å². The quantitative estimate of drug-likeness (QED) is 0.405. The number of nitrogens with zero attached hydrogens (tertiary/aromatic N) is 2. The van der Waals surface area contributed by atoms with Gasteiger partial charge in [-0.2, -0.15) is 0 Å². The molecule has 0 saturated carbocycles. The van der Waals surface area contributed by atoms with E-state index < -0.39 is 0 Å². The third-order valence-electron chi connectivity index (χ3n) is 5.28. The van der Waals surface area contributed by atoms with E-state index in [0.29, 0.717) is 23.7 Å². The minimum atomic E-state index is -0.157. The van der Waals surface area contributed by atoms with Gasteiger partial charge in [0.25, 0.3) is 5.91 Å². The molecule has 0 bridgehead atoms. The van der Waals surface area contributed by atoms with Crippen LogP contribution in [0.15, 0.2) is 72.1 Å². The average molecular weight is 455 g/mol. The molecule has 3 rings (SSSR count). The van der Waals surface area contributed by atoms with E-state index >= 15 is 0 Å². The molecule has 1 atom stereocenters.